The zero-order valence-corrected chi connectivity index (χ0v) is 21.2. The Morgan fingerprint density at radius 2 is 1.15 bits per heavy atom. The summed E-state index contributed by atoms with van der Waals surface area (Å²) < 4.78 is 0. The zero-order valence-electron chi connectivity index (χ0n) is 21.2. The van der Waals surface area contributed by atoms with Crippen molar-refractivity contribution < 1.29 is 9.90 Å². The van der Waals surface area contributed by atoms with Gasteiger partial charge in [0.1, 0.15) is 0 Å². The van der Waals surface area contributed by atoms with Gasteiger partial charge in [0.15, 0.2) is 11.9 Å². The Morgan fingerprint density at radius 1 is 0.676 bits per heavy atom. The number of rotatable bonds is 23. The van der Waals surface area contributed by atoms with E-state index in [1.54, 1.807) is 0 Å². The van der Waals surface area contributed by atoms with Crippen LogP contribution in [0.5, 0.6) is 0 Å². The lowest BCUT2D eigenvalue weighted by atomic mass is 9.98. The molecule has 2 atom stereocenters. The van der Waals surface area contributed by atoms with Gasteiger partial charge in [-0.25, -0.2) is 0 Å². The molecule has 0 rings (SSSR count). The number of hydrogen-bond acceptors (Lipinski definition) is 5. The van der Waals surface area contributed by atoms with Crippen molar-refractivity contribution >= 4 is 17.8 Å². The van der Waals surface area contributed by atoms with Gasteiger partial charge in [0.25, 0.3) is 0 Å². The van der Waals surface area contributed by atoms with Crippen molar-refractivity contribution in [3.8, 4) is 0 Å². The number of guanidine groups is 2. The molecule has 0 aromatic rings. The minimum absolute atomic E-state index is 0.0228. The van der Waals surface area contributed by atoms with Gasteiger partial charge in [-0.2, -0.15) is 0 Å². The van der Waals surface area contributed by atoms with Crippen molar-refractivity contribution in [2.75, 3.05) is 19.6 Å². The summed E-state index contributed by atoms with van der Waals surface area (Å²) in [5.74, 6) is 0.320. The number of aliphatic hydroxyl groups is 1. The van der Waals surface area contributed by atoms with E-state index < -0.39 is 6.10 Å². The van der Waals surface area contributed by atoms with Gasteiger partial charge in [-0.3, -0.25) is 14.8 Å². The molecule has 10 heteroatoms. The number of nitrogens with zero attached hydrogens (tertiary/aromatic N) is 2. The monoisotopic (exact) mass is 484 g/mol. The molecule has 12 N–H and O–H groups in total. The standard InChI is InChI=1S/C24H52N8O2/c25-17-13-14-20(21(33)15-9-5-1-3-7-11-18-30-23(26)27)32-22(34)16-10-6-2-4-8-12-19-31-24(28)29/h20-21,33H,1-19,25H2,(H,32,34)(H4,26,27,30)(H4,28,29,31)/t20-,21+/m0/s1. The molecule has 0 aliphatic rings. The lowest BCUT2D eigenvalue weighted by Crippen LogP contribution is -2.43. The molecule has 0 unspecified atom stereocenters. The number of carbonyl (C=O) groups excluding carboxylic acids is 1. The highest BCUT2D eigenvalue weighted by atomic mass is 16.3. The quantitative estimate of drug-likeness (QED) is 0.0647. The minimum Gasteiger partial charge on any atom is -0.391 e. The van der Waals surface area contributed by atoms with Gasteiger partial charge in [-0.05, 0) is 45.1 Å². The van der Waals surface area contributed by atoms with E-state index >= 15 is 0 Å². The van der Waals surface area contributed by atoms with Crippen molar-refractivity contribution in [2.24, 2.45) is 38.7 Å². The van der Waals surface area contributed by atoms with Crippen LogP contribution < -0.4 is 34.0 Å². The fourth-order valence-corrected chi connectivity index (χ4v) is 3.87. The van der Waals surface area contributed by atoms with E-state index in [0.717, 1.165) is 83.5 Å². The molecular formula is C24H52N8O2. The van der Waals surface area contributed by atoms with Crippen molar-refractivity contribution in [3.63, 3.8) is 0 Å². The SMILES string of the molecule is NCCC[C@H](NC(=O)CCCCCCCCN=C(N)N)[C@H](O)CCCCCCCCN=C(N)N. The molecule has 0 saturated carbocycles. The van der Waals surface area contributed by atoms with Gasteiger partial charge in [0.2, 0.25) is 5.91 Å². The highest BCUT2D eigenvalue weighted by molar-refractivity contribution is 5.76. The van der Waals surface area contributed by atoms with Gasteiger partial charge >= 0.3 is 0 Å². The molecule has 1 amide bonds. The summed E-state index contributed by atoms with van der Waals surface area (Å²) in [5, 5.41) is 13.7. The van der Waals surface area contributed by atoms with E-state index in [1.807, 2.05) is 0 Å². The van der Waals surface area contributed by atoms with Crippen LogP contribution in [-0.2, 0) is 4.79 Å². The maximum Gasteiger partial charge on any atom is 0.220 e. The summed E-state index contributed by atoms with van der Waals surface area (Å²) in [5.41, 5.74) is 26.9. The van der Waals surface area contributed by atoms with E-state index in [4.69, 9.17) is 28.7 Å². The topological polar surface area (TPSA) is 204 Å². The summed E-state index contributed by atoms with van der Waals surface area (Å²) in [6.45, 7) is 1.92. The number of carbonyl (C=O) groups is 1. The van der Waals surface area contributed by atoms with Crippen molar-refractivity contribution in [3.05, 3.63) is 0 Å². The predicted molar refractivity (Wildman–Crippen MR) is 142 cm³/mol. The van der Waals surface area contributed by atoms with Crippen LogP contribution >= 0.6 is 0 Å². The molecule has 0 bridgehead atoms. The molecule has 0 saturated heterocycles. The van der Waals surface area contributed by atoms with E-state index in [2.05, 4.69) is 15.3 Å². The second-order valence-electron chi connectivity index (χ2n) is 9.07. The normalized spacial score (nSPS) is 12.6. The number of aliphatic imine (C=N–C) groups is 2. The fraction of sp³-hybridized carbons (Fsp3) is 0.875. The van der Waals surface area contributed by atoms with Crippen molar-refractivity contribution in [2.45, 2.75) is 115 Å². The molecule has 0 aliphatic heterocycles. The van der Waals surface area contributed by atoms with Crippen LogP contribution in [0.25, 0.3) is 0 Å². The maximum absolute atomic E-state index is 12.4. The first kappa shape index (κ1) is 31.9. The van der Waals surface area contributed by atoms with E-state index in [9.17, 15) is 9.90 Å². The first-order valence-corrected chi connectivity index (χ1v) is 13.1. The van der Waals surface area contributed by atoms with Crippen LogP contribution in [0.2, 0.25) is 0 Å². The smallest absolute Gasteiger partial charge is 0.220 e. The highest BCUT2D eigenvalue weighted by Gasteiger charge is 2.20. The largest absolute Gasteiger partial charge is 0.391 e. The fourth-order valence-electron chi connectivity index (χ4n) is 3.87. The van der Waals surface area contributed by atoms with Crippen LogP contribution in [0.15, 0.2) is 9.98 Å². The molecule has 10 nitrogen and oxygen atoms in total. The van der Waals surface area contributed by atoms with E-state index in [-0.39, 0.29) is 23.9 Å². The summed E-state index contributed by atoms with van der Waals surface area (Å²) in [6.07, 6.45) is 14.7. The van der Waals surface area contributed by atoms with Crippen molar-refractivity contribution in [1.29, 1.82) is 0 Å². The van der Waals surface area contributed by atoms with Crippen LogP contribution in [-0.4, -0.2) is 54.7 Å². The number of aliphatic hydroxyl groups excluding tert-OH is 1. The molecular weight excluding hydrogens is 432 g/mol. The van der Waals surface area contributed by atoms with E-state index in [0.29, 0.717) is 38.9 Å². The average Bonchev–Trinajstić information content (AvgIpc) is 2.78. The number of hydrogen-bond donors (Lipinski definition) is 7. The van der Waals surface area contributed by atoms with Gasteiger partial charge in [0.05, 0.1) is 12.1 Å². The zero-order chi connectivity index (χ0) is 25.4. The molecule has 0 aromatic heterocycles. The number of amides is 1. The van der Waals surface area contributed by atoms with Crippen LogP contribution in [0.1, 0.15) is 103 Å². The van der Waals surface area contributed by atoms with E-state index in [1.165, 1.54) is 0 Å². The van der Waals surface area contributed by atoms with Gasteiger partial charge < -0.3 is 39.1 Å². The summed E-state index contributed by atoms with van der Waals surface area (Å²) in [6, 6.07) is -0.217. The molecule has 0 heterocycles. The second-order valence-corrected chi connectivity index (χ2v) is 9.07. The lowest BCUT2D eigenvalue weighted by Gasteiger charge is -2.24. The van der Waals surface area contributed by atoms with Crippen molar-refractivity contribution in [1.82, 2.24) is 5.32 Å². The Kier molecular flexibility index (Phi) is 21.3. The second kappa shape index (κ2) is 22.7. The Morgan fingerprint density at radius 3 is 1.65 bits per heavy atom. The third kappa shape index (κ3) is 21.8. The predicted octanol–water partition coefficient (Wildman–Crippen LogP) is 1.58. The summed E-state index contributed by atoms with van der Waals surface area (Å²) >= 11 is 0. The number of nitrogens with one attached hydrogen (secondary N) is 1. The highest BCUT2D eigenvalue weighted by Crippen LogP contribution is 2.14. The molecule has 200 valence electrons. The van der Waals surface area contributed by atoms with Gasteiger partial charge in [0, 0.05) is 19.5 Å². The first-order valence-electron chi connectivity index (χ1n) is 13.1. The number of nitrogens with two attached hydrogens (primary N) is 5. The first-order chi connectivity index (χ1) is 16.4. The van der Waals surface area contributed by atoms with Gasteiger partial charge in [-0.1, -0.05) is 57.8 Å². The minimum atomic E-state index is -0.525. The third-order valence-electron chi connectivity index (χ3n) is 5.84. The summed E-state index contributed by atoms with van der Waals surface area (Å²) in [7, 11) is 0. The Labute approximate surface area is 206 Å². The van der Waals surface area contributed by atoms with Crippen LogP contribution in [0, 0.1) is 0 Å². The third-order valence-corrected chi connectivity index (χ3v) is 5.84. The van der Waals surface area contributed by atoms with Crippen LogP contribution in [0.3, 0.4) is 0 Å². The molecule has 0 aliphatic carbocycles. The average molecular weight is 485 g/mol. The molecule has 0 spiro atoms. The Balaban J connectivity index is 3.95. The maximum atomic E-state index is 12.4. The summed E-state index contributed by atoms with van der Waals surface area (Å²) in [4.78, 5) is 20.3. The lowest BCUT2D eigenvalue weighted by molar-refractivity contribution is -0.122. The Bertz CT molecular complexity index is 549. The molecule has 0 fully saturated rings. The number of unbranched alkanes of at least 4 members (excludes halogenated alkanes) is 10. The Hall–Kier alpha value is -2.07. The molecule has 0 aromatic carbocycles. The van der Waals surface area contributed by atoms with Crippen LogP contribution in [0.4, 0.5) is 0 Å². The molecule has 0 radical (unpaired) electrons. The molecule has 34 heavy (non-hydrogen) atoms. The van der Waals surface area contributed by atoms with Gasteiger partial charge in [-0.15, -0.1) is 0 Å².